The van der Waals surface area contributed by atoms with Gasteiger partial charge in [0.15, 0.2) is 0 Å². The van der Waals surface area contributed by atoms with E-state index in [0.717, 1.165) is 25.9 Å². The van der Waals surface area contributed by atoms with Crippen molar-refractivity contribution < 1.29 is 0 Å². The van der Waals surface area contributed by atoms with E-state index in [1.165, 1.54) is 12.2 Å². The number of nitrogens with zero attached hydrogens (tertiary/aromatic N) is 1. The molecule has 0 unspecified atom stereocenters. The van der Waals surface area contributed by atoms with Crippen molar-refractivity contribution in [3.05, 3.63) is 0 Å². The predicted molar refractivity (Wildman–Crippen MR) is 64.5 cm³/mol. The van der Waals surface area contributed by atoms with Gasteiger partial charge in [0.05, 0.1) is 11.5 Å². The largest absolute Gasteiger partial charge is 0.317 e. The first-order valence-corrected chi connectivity index (χ1v) is 6.63. The van der Waals surface area contributed by atoms with Crippen LogP contribution in [0.1, 0.15) is 33.1 Å². The Bertz CT molecular complexity index is 173. The van der Waals surface area contributed by atoms with E-state index in [2.05, 4.69) is 17.6 Å². The molecule has 1 N–H and O–H groups in total. The van der Waals surface area contributed by atoms with E-state index in [4.69, 9.17) is 5.26 Å². The Morgan fingerprint density at radius 1 is 1.29 bits per heavy atom. The van der Waals surface area contributed by atoms with Gasteiger partial charge in [-0.3, -0.25) is 0 Å². The summed E-state index contributed by atoms with van der Waals surface area (Å²) >= 11 is 1.89. The molecule has 0 heterocycles. The lowest BCUT2D eigenvalue weighted by Crippen LogP contribution is -2.19. The quantitative estimate of drug-likeness (QED) is 0.631. The van der Waals surface area contributed by atoms with Crippen molar-refractivity contribution in [1.29, 1.82) is 5.26 Å². The normalized spacial score (nSPS) is 11.3. The van der Waals surface area contributed by atoms with Gasteiger partial charge in [0.1, 0.15) is 0 Å². The molecule has 0 aliphatic rings. The summed E-state index contributed by atoms with van der Waals surface area (Å²) in [5.41, 5.74) is -0.152. The van der Waals surface area contributed by atoms with E-state index in [0.29, 0.717) is 0 Å². The average Bonchev–Trinajstić information content (AvgIpc) is 2.16. The topological polar surface area (TPSA) is 35.8 Å². The third kappa shape index (κ3) is 8.40. The lowest BCUT2D eigenvalue weighted by Gasteiger charge is -2.14. The summed E-state index contributed by atoms with van der Waals surface area (Å²) in [6, 6.07) is 2.32. The highest BCUT2D eigenvalue weighted by molar-refractivity contribution is 7.98. The highest BCUT2D eigenvalue weighted by atomic mass is 32.2. The van der Waals surface area contributed by atoms with Gasteiger partial charge in [0.25, 0.3) is 0 Å². The molecule has 0 aliphatic carbocycles. The molecule has 0 aromatic rings. The van der Waals surface area contributed by atoms with Crippen molar-refractivity contribution in [3.63, 3.8) is 0 Å². The SMILES string of the molecule is CSCCCNCCCC(C)(C)C#N. The first-order valence-electron chi connectivity index (χ1n) is 5.23. The second-order valence-corrected chi connectivity index (χ2v) is 5.18. The van der Waals surface area contributed by atoms with Crippen LogP contribution in [0.3, 0.4) is 0 Å². The summed E-state index contributed by atoms with van der Waals surface area (Å²) in [6.07, 6.45) is 5.46. The molecule has 0 rings (SSSR count). The molecule has 0 fully saturated rings. The van der Waals surface area contributed by atoms with E-state index < -0.39 is 0 Å². The number of nitrogens with one attached hydrogen (secondary N) is 1. The maximum absolute atomic E-state index is 8.79. The Kier molecular flexibility index (Phi) is 8.02. The summed E-state index contributed by atoms with van der Waals surface area (Å²) in [5.74, 6) is 1.23. The van der Waals surface area contributed by atoms with Crippen LogP contribution in [0, 0.1) is 16.7 Å². The van der Waals surface area contributed by atoms with Crippen molar-refractivity contribution in [2.75, 3.05) is 25.1 Å². The van der Waals surface area contributed by atoms with Crippen LogP contribution in [0.4, 0.5) is 0 Å². The smallest absolute Gasteiger partial charge is 0.0683 e. The van der Waals surface area contributed by atoms with Gasteiger partial charge in [-0.15, -0.1) is 0 Å². The zero-order valence-electron chi connectivity index (χ0n) is 9.60. The molecule has 0 aromatic carbocycles. The molecule has 0 amide bonds. The monoisotopic (exact) mass is 214 g/mol. The summed E-state index contributed by atoms with van der Waals surface area (Å²) in [4.78, 5) is 0. The van der Waals surface area contributed by atoms with Crippen LogP contribution in [-0.2, 0) is 0 Å². The number of hydrogen-bond donors (Lipinski definition) is 1. The van der Waals surface area contributed by atoms with Crippen LogP contribution in [0.2, 0.25) is 0 Å². The van der Waals surface area contributed by atoms with Gasteiger partial charge in [-0.1, -0.05) is 0 Å². The van der Waals surface area contributed by atoms with Crippen molar-refractivity contribution in [1.82, 2.24) is 5.32 Å². The fourth-order valence-corrected chi connectivity index (χ4v) is 1.61. The molecule has 0 bridgehead atoms. The Morgan fingerprint density at radius 3 is 2.50 bits per heavy atom. The summed E-state index contributed by atoms with van der Waals surface area (Å²) < 4.78 is 0. The van der Waals surface area contributed by atoms with Crippen LogP contribution in [0.25, 0.3) is 0 Å². The Labute approximate surface area is 92.5 Å². The lowest BCUT2D eigenvalue weighted by atomic mass is 9.90. The summed E-state index contributed by atoms with van der Waals surface area (Å²) in [5, 5.41) is 12.2. The zero-order valence-corrected chi connectivity index (χ0v) is 10.4. The molecule has 2 nitrogen and oxygen atoms in total. The van der Waals surface area contributed by atoms with Crippen molar-refractivity contribution in [2.24, 2.45) is 5.41 Å². The lowest BCUT2D eigenvalue weighted by molar-refractivity contribution is 0.426. The van der Waals surface area contributed by atoms with E-state index in [9.17, 15) is 0 Å². The van der Waals surface area contributed by atoms with E-state index in [1.54, 1.807) is 0 Å². The number of thioether (sulfide) groups is 1. The summed E-state index contributed by atoms with van der Waals surface area (Å²) in [7, 11) is 0. The standard InChI is InChI=1S/C11H22N2S/c1-11(2,10-12)6-4-7-13-8-5-9-14-3/h13H,4-9H2,1-3H3. The molecule has 0 atom stereocenters. The third-order valence-corrected chi connectivity index (χ3v) is 2.86. The first kappa shape index (κ1) is 13.8. The number of nitriles is 1. The highest BCUT2D eigenvalue weighted by Crippen LogP contribution is 2.19. The minimum Gasteiger partial charge on any atom is -0.317 e. The molecule has 0 aromatic heterocycles. The van der Waals surface area contributed by atoms with Crippen LogP contribution < -0.4 is 5.32 Å². The number of rotatable bonds is 8. The highest BCUT2D eigenvalue weighted by Gasteiger charge is 2.14. The van der Waals surface area contributed by atoms with Gasteiger partial charge in [-0.2, -0.15) is 17.0 Å². The van der Waals surface area contributed by atoms with Crippen LogP contribution >= 0.6 is 11.8 Å². The second kappa shape index (κ2) is 8.14. The third-order valence-electron chi connectivity index (χ3n) is 2.16. The maximum atomic E-state index is 8.79. The van der Waals surface area contributed by atoms with Crippen LogP contribution in [0.5, 0.6) is 0 Å². The minimum absolute atomic E-state index is 0.152. The molecule has 0 spiro atoms. The predicted octanol–water partition coefficient (Wildman–Crippen LogP) is 2.66. The van der Waals surface area contributed by atoms with Gasteiger partial charge < -0.3 is 5.32 Å². The maximum Gasteiger partial charge on any atom is 0.0683 e. The molecule has 82 valence electrons. The zero-order chi connectivity index (χ0) is 10.9. The van der Waals surface area contributed by atoms with Gasteiger partial charge in [-0.25, -0.2) is 0 Å². The molecular weight excluding hydrogens is 192 g/mol. The minimum atomic E-state index is -0.152. The Hall–Kier alpha value is -0.200. The molecule has 0 radical (unpaired) electrons. The Balaban J connectivity index is 3.18. The number of hydrogen-bond acceptors (Lipinski definition) is 3. The van der Waals surface area contributed by atoms with Crippen LogP contribution in [-0.4, -0.2) is 25.1 Å². The molecule has 0 saturated carbocycles. The van der Waals surface area contributed by atoms with Gasteiger partial charge in [0, 0.05) is 0 Å². The van der Waals surface area contributed by atoms with Gasteiger partial charge in [-0.05, 0) is 58.2 Å². The molecule has 0 aliphatic heterocycles. The molecule has 3 heteroatoms. The molecular formula is C11H22N2S. The fraction of sp³-hybridized carbons (Fsp3) is 0.909. The van der Waals surface area contributed by atoms with Crippen molar-refractivity contribution in [2.45, 2.75) is 33.1 Å². The Morgan fingerprint density at radius 2 is 1.93 bits per heavy atom. The van der Waals surface area contributed by atoms with Crippen molar-refractivity contribution in [3.8, 4) is 6.07 Å². The molecule has 14 heavy (non-hydrogen) atoms. The first-order chi connectivity index (χ1) is 6.62. The fourth-order valence-electron chi connectivity index (χ4n) is 1.18. The van der Waals surface area contributed by atoms with Gasteiger partial charge >= 0.3 is 0 Å². The van der Waals surface area contributed by atoms with E-state index >= 15 is 0 Å². The van der Waals surface area contributed by atoms with Gasteiger partial charge in [0.2, 0.25) is 0 Å². The second-order valence-electron chi connectivity index (χ2n) is 4.20. The van der Waals surface area contributed by atoms with Crippen molar-refractivity contribution >= 4 is 11.8 Å². The average molecular weight is 214 g/mol. The molecule has 0 saturated heterocycles. The van der Waals surface area contributed by atoms with E-state index in [-0.39, 0.29) is 5.41 Å². The van der Waals surface area contributed by atoms with E-state index in [1.807, 2.05) is 25.6 Å². The summed E-state index contributed by atoms with van der Waals surface area (Å²) in [6.45, 7) is 6.15. The van der Waals surface area contributed by atoms with Crippen LogP contribution in [0.15, 0.2) is 0 Å².